The lowest BCUT2D eigenvalue weighted by Gasteiger charge is -2.17. The maximum atomic E-state index is 11.1. The van der Waals surface area contributed by atoms with Crippen LogP contribution in [0.25, 0.3) is 0 Å². The van der Waals surface area contributed by atoms with Gasteiger partial charge in [-0.3, -0.25) is 0 Å². The van der Waals surface area contributed by atoms with E-state index < -0.39 is 10.0 Å². The predicted molar refractivity (Wildman–Crippen MR) is 83.7 cm³/mol. The Hall–Kier alpha value is -1.07. The van der Waals surface area contributed by atoms with Crippen molar-refractivity contribution in [2.24, 2.45) is 16.5 Å². The first-order valence-corrected chi connectivity index (χ1v) is 9.07. The van der Waals surface area contributed by atoms with Crippen molar-refractivity contribution in [3.8, 4) is 5.75 Å². The van der Waals surface area contributed by atoms with Crippen molar-refractivity contribution >= 4 is 10.0 Å². The van der Waals surface area contributed by atoms with Crippen molar-refractivity contribution in [1.29, 1.82) is 0 Å². The van der Waals surface area contributed by atoms with Gasteiger partial charge >= 0.3 is 0 Å². The highest BCUT2D eigenvalue weighted by molar-refractivity contribution is 7.89. The van der Waals surface area contributed by atoms with Gasteiger partial charge in [0.15, 0.2) is 0 Å². The van der Waals surface area contributed by atoms with Gasteiger partial charge < -0.3 is 4.74 Å². The van der Waals surface area contributed by atoms with Gasteiger partial charge in [-0.05, 0) is 67.7 Å². The van der Waals surface area contributed by atoms with Crippen LogP contribution in [-0.2, 0) is 10.0 Å². The zero-order chi connectivity index (χ0) is 15.5. The molecule has 1 aromatic rings. The van der Waals surface area contributed by atoms with Gasteiger partial charge in [-0.2, -0.15) is 0 Å². The molecule has 0 bridgehead atoms. The van der Waals surface area contributed by atoms with Gasteiger partial charge in [-0.1, -0.05) is 13.8 Å². The Morgan fingerprint density at radius 3 is 2.48 bits per heavy atom. The molecule has 0 aliphatic heterocycles. The van der Waals surface area contributed by atoms with Gasteiger partial charge in [0.1, 0.15) is 5.75 Å². The molecule has 1 aliphatic rings. The summed E-state index contributed by atoms with van der Waals surface area (Å²) in [4.78, 5) is 0.114. The third-order valence-electron chi connectivity index (χ3n) is 4.25. The SMILES string of the molecule is CC1(C)CCC(CCCOc2ccc(S(N)(=O)=O)cc2)C1. The topological polar surface area (TPSA) is 69.4 Å². The molecule has 0 heterocycles. The molecule has 4 nitrogen and oxygen atoms in total. The number of primary sulfonamides is 1. The molecule has 2 rings (SSSR count). The molecule has 1 aromatic carbocycles. The van der Waals surface area contributed by atoms with Crippen LogP contribution in [0.5, 0.6) is 5.75 Å². The Morgan fingerprint density at radius 1 is 1.29 bits per heavy atom. The first-order valence-electron chi connectivity index (χ1n) is 7.52. The van der Waals surface area contributed by atoms with E-state index >= 15 is 0 Å². The Kier molecular flexibility index (Phi) is 4.94. The molecule has 2 N–H and O–H groups in total. The Morgan fingerprint density at radius 2 is 1.95 bits per heavy atom. The summed E-state index contributed by atoms with van der Waals surface area (Å²) in [6.07, 6.45) is 6.22. The van der Waals surface area contributed by atoms with E-state index in [9.17, 15) is 8.42 Å². The van der Waals surface area contributed by atoms with Crippen molar-refractivity contribution in [2.75, 3.05) is 6.61 Å². The maximum absolute atomic E-state index is 11.1. The van der Waals surface area contributed by atoms with Crippen molar-refractivity contribution in [3.05, 3.63) is 24.3 Å². The predicted octanol–water partition coefficient (Wildman–Crippen LogP) is 3.32. The fourth-order valence-corrected chi connectivity index (χ4v) is 3.63. The van der Waals surface area contributed by atoms with E-state index in [1.54, 1.807) is 12.1 Å². The average molecular weight is 311 g/mol. The fraction of sp³-hybridized carbons (Fsp3) is 0.625. The van der Waals surface area contributed by atoms with E-state index in [0.717, 1.165) is 12.3 Å². The quantitative estimate of drug-likeness (QED) is 0.819. The minimum absolute atomic E-state index is 0.114. The summed E-state index contributed by atoms with van der Waals surface area (Å²) in [6, 6.07) is 6.26. The summed E-state index contributed by atoms with van der Waals surface area (Å²) in [6.45, 7) is 5.36. The van der Waals surface area contributed by atoms with Crippen LogP contribution in [0.4, 0.5) is 0 Å². The molecule has 1 unspecified atom stereocenters. The molecule has 0 spiro atoms. The number of rotatable bonds is 6. The average Bonchev–Trinajstić information content (AvgIpc) is 2.74. The lowest BCUT2D eigenvalue weighted by atomic mass is 9.89. The van der Waals surface area contributed by atoms with E-state index in [0.29, 0.717) is 17.8 Å². The number of sulfonamides is 1. The van der Waals surface area contributed by atoms with E-state index in [1.165, 1.54) is 37.8 Å². The van der Waals surface area contributed by atoms with E-state index in [2.05, 4.69) is 13.8 Å². The molecule has 0 radical (unpaired) electrons. The zero-order valence-corrected chi connectivity index (χ0v) is 13.7. The molecule has 1 atom stereocenters. The van der Waals surface area contributed by atoms with E-state index in [1.807, 2.05) is 0 Å². The van der Waals surface area contributed by atoms with E-state index in [-0.39, 0.29) is 4.90 Å². The maximum Gasteiger partial charge on any atom is 0.238 e. The molecule has 0 aromatic heterocycles. The molecule has 1 saturated carbocycles. The Labute approximate surface area is 127 Å². The van der Waals surface area contributed by atoms with Crippen molar-refractivity contribution in [2.45, 2.75) is 50.8 Å². The summed E-state index contributed by atoms with van der Waals surface area (Å²) in [5.74, 6) is 1.52. The van der Waals surface area contributed by atoms with Gasteiger partial charge in [0, 0.05) is 0 Å². The van der Waals surface area contributed by atoms with Crippen LogP contribution >= 0.6 is 0 Å². The standard InChI is InChI=1S/C16H25NO3S/c1-16(2)10-9-13(12-16)4-3-11-20-14-5-7-15(8-6-14)21(17,18)19/h5-8,13H,3-4,9-12H2,1-2H3,(H2,17,18,19). The molecular weight excluding hydrogens is 286 g/mol. The highest BCUT2D eigenvalue weighted by atomic mass is 32.2. The number of nitrogens with two attached hydrogens (primary N) is 1. The van der Waals surface area contributed by atoms with Crippen LogP contribution in [-0.4, -0.2) is 15.0 Å². The minimum Gasteiger partial charge on any atom is -0.494 e. The van der Waals surface area contributed by atoms with Crippen LogP contribution < -0.4 is 9.88 Å². The lowest BCUT2D eigenvalue weighted by Crippen LogP contribution is -2.11. The van der Waals surface area contributed by atoms with Gasteiger partial charge in [-0.25, -0.2) is 13.6 Å². The molecule has 5 heteroatoms. The summed E-state index contributed by atoms with van der Waals surface area (Å²) in [5, 5.41) is 5.05. The lowest BCUT2D eigenvalue weighted by molar-refractivity contribution is 0.285. The van der Waals surface area contributed by atoms with Crippen molar-refractivity contribution in [1.82, 2.24) is 0 Å². The zero-order valence-electron chi connectivity index (χ0n) is 12.8. The van der Waals surface area contributed by atoms with Crippen LogP contribution in [0.15, 0.2) is 29.2 Å². The summed E-state index contributed by atoms with van der Waals surface area (Å²) < 4.78 is 27.9. The first-order chi connectivity index (χ1) is 9.76. The second-order valence-electron chi connectivity index (χ2n) is 6.78. The summed E-state index contributed by atoms with van der Waals surface area (Å²) in [5.41, 5.74) is 0.509. The second-order valence-corrected chi connectivity index (χ2v) is 8.34. The first kappa shape index (κ1) is 16.3. The molecular formula is C16H25NO3S. The molecule has 21 heavy (non-hydrogen) atoms. The third kappa shape index (κ3) is 5.00. The van der Waals surface area contributed by atoms with Gasteiger partial charge in [-0.15, -0.1) is 0 Å². The summed E-state index contributed by atoms with van der Waals surface area (Å²) >= 11 is 0. The van der Waals surface area contributed by atoms with E-state index in [4.69, 9.17) is 9.88 Å². The molecule has 118 valence electrons. The number of hydrogen-bond acceptors (Lipinski definition) is 3. The minimum atomic E-state index is -3.62. The summed E-state index contributed by atoms with van der Waals surface area (Å²) in [7, 11) is -3.62. The normalized spacial score (nSPS) is 21.4. The number of hydrogen-bond donors (Lipinski definition) is 1. The highest BCUT2D eigenvalue weighted by Gasteiger charge is 2.30. The Balaban J connectivity index is 1.72. The molecule has 0 amide bonds. The van der Waals surface area contributed by atoms with Gasteiger partial charge in [0.2, 0.25) is 10.0 Å². The third-order valence-corrected chi connectivity index (χ3v) is 5.18. The van der Waals surface area contributed by atoms with Gasteiger partial charge in [0.25, 0.3) is 0 Å². The number of benzene rings is 1. The Bertz CT molecular complexity index is 564. The van der Waals surface area contributed by atoms with Crippen LogP contribution in [0.3, 0.4) is 0 Å². The molecule has 0 saturated heterocycles. The fourth-order valence-electron chi connectivity index (χ4n) is 3.11. The van der Waals surface area contributed by atoms with Crippen molar-refractivity contribution < 1.29 is 13.2 Å². The monoisotopic (exact) mass is 311 g/mol. The van der Waals surface area contributed by atoms with Crippen LogP contribution in [0.2, 0.25) is 0 Å². The second kappa shape index (κ2) is 6.36. The molecule has 1 fully saturated rings. The van der Waals surface area contributed by atoms with Crippen LogP contribution in [0, 0.1) is 11.3 Å². The number of ether oxygens (including phenoxy) is 1. The van der Waals surface area contributed by atoms with Crippen LogP contribution in [0.1, 0.15) is 46.0 Å². The van der Waals surface area contributed by atoms with Gasteiger partial charge in [0.05, 0.1) is 11.5 Å². The van der Waals surface area contributed by atoms with Crippen molar-refractivity contribution in [3.63, 3.8) is 0 Å². The molecule has 1 aliphatic carbocycles. The smallest absolute Gasteiger partial charge is 0.238 e. The largest absolute Gasteiger partial charge is 0.494 e. The highest BCUT2D eigenvalue weighted by Crippen LogP contribution is 2.42.